The summed E-state index contributed by atoms with van der Waals surface area (Å²) in [7, 11) is 1.82. The van der Waals surface area contributed by atoms with Crippen molar-refractivity contribution < 1.29 is 9.53 Å². The SMILES string of the molecule is CN=C(NCCOc1cccc(NC(C)=O)c1)N1CC(C)CC(C)C1.I. The summed E-state index contributed by atoms with van der Waals surface area (Å²) in [6.07, 6.45) is 1.28. The highest BCUT2D eigenvalue weighted by atomic mass is 127. The van der Waals surface area contributed by atoms with Crippen LogP contribution in [0, 0.1) is 11.8 Å². The number of rotatable bonds is 5. The van der Waals surface area contributed by atoms with E-state index in [2.05, 4.69) is 34.4 Å². The number of hydrogen-bond acceptors (Lipinski definition) is 3. The maximum absolute atomic E-state index is 11.1. The van der Waals surface area contributed by atoms with Crippen LogP contribution in [-0.4, -0.2) is 50.1 Å². The standard InChI is InChI=1S/C19H30N4O2.HI/c1-14-10-15(2)13-23(12-14)19(20-4)21-8-9-25-18-7-5-6-17(11-18)22-16(3)24;/h5-7,11,14-15H,8-10,12-13H2,1-4H3,(H,20,21)(H,22,24);1H. The Morgan fingerprint density at radius 1 is 1.31 bits per heavy atom. The predicted octanol–water partition coefficient (Wildman–Crippen LogP) is 3.20. The first-order chi connectivity index (χ1) is 12.0. The fourth-order valence-corrected chi connectivity index (χ4v) is 3.37. The van der Waals surface area contributed by atoms with Gasteiger partial charge in [-0.25, -0.2) is 0 Å². The van der Waals surface area contributed by atoms with Crippen LogP contribution in [0.5, 0.6) is 5.75 Å². The van der Waals surface area contributed by atoms with E-state index < -0.39 is 0 Å². The number of nitrogens with zero attached hydrogens (tertiary/aromatic N) is 2. The van der Waals surface area contributed by atoms with Gasteiger partial charge in [0.15, 0.2) is 5.96 Å². The average Bonchev–Trinajstić information content (AvgIpc) is 2.53. The molecule has 2 N–H and O–H groups in total. The molecule has 1 aliphatic heterocycles. The molecule has 1 heterocycles. The Kier molecular flexibility index (Phi) is 9.75. The van der Waals surface area contributed by atoms with Crippen molar-refractivity contribution in [3.05, 3.63) is 24.3 Å². The zero-order valence-electron chi connectivity index (χ0n) is 16.1. The van der Waals surface area contributed by atoms with Crippen LogP contribution in [0.25, 0.3) is 0 Å². The molecule has 2 unspecified atom stereocenters. The zero-order chi connectivity index (χ0) is 18.2. The molecule has 1 saturated heterocycles. The lowest BCUT2D eigenvalue weighted by atomic mass is 9.92. The maximum Gasteiger partial charge on any atom is 0.221 e. The number of ether oxygens (including phenoxy) is 1. The van der Waals surface area contributed by atoms with E-state index in [1.165, 1.54) is 13.3 Å². The molecule has 1 amide bonds. The first-order valence-corrected chi connectivity index (χ1v) is 8.94. The molecular weight excluding hydrogens is 443 g/mol. The van der Waals surface area contributed by atoms with E-state index in [0.29, 0.717) is 25.0 Å². The summed E-state index contributed by atoms with van der Waals surface area (Å²) in [6, 6.07) is 7.41. The Morgan fingerprint density at radius 3 is 2.62 bits per heavy atom. The van der Waals surface area contributed by atoms with Gasteiger partial charge in [-0.15, -0.1) is 24.0 Å². The number of carbonyl (C=O) groups is 1. The number of nitrogens with one attached hydrogen (secondary N) is 2. The lowest BCUT2D eigenvalue weighted by Gasteiger charge is -2.37. The number of guanidine groups is 1. The summed E-state index contributed by atoms with van der Waals surface area (Å²) in [5, 5.41) is 6.13. The van der Waals surface area contributed by atoms with Crippen LogP contribution < -0.4 is 15.4 Å². The average molecular weight is 474 g/mol. The van der Waals surface area contributed by atoms with E-state index in [1.54, 1.807) is 0 Å². The first kappa shape index (κ1) is 22.5. The summed E-state index contributed by atoms with van der Waals surface area (Å²) in [5.74, 6) is 2.97. The smallest absolute Gasteiger partial charge is 0.221 e. The van der Waals surface area contributed by atoms with Crippen LogP contribution in [0.3, 0.4) is 0 Å². The lowest BCUT2D eigenvalue weighted by molar-refractivity contribution is -0.114. The van der Waals surface area contributed by atoms with Crippen LogP contribution in [0.2, 0.25) is 0 Å². The Labute approximate surface area is 173 Å². The van der Waals surface area contributed by atoms with Crippen molar-refractivity contribution in [2.24, 2.45) is 16.8 Å². The molecule has 0 aliphatic carbocycles. The zero-order valence-corrected chi connectivity index (χ0v) is 18.4. The number of carbonyl (C=O) groups excluding carboxylic acids is 1. The Balaban J connectivity index is 0.00000338. The molecular formula is C19H31IN4O2. The Hall–Kier alpha value is -1.51. The molecule has 1 fully saturated rings. The van der Waals surface area contributed by atoms with Crippen molar-refractivity contribution in [1.29, 1.82) is 0 Å². The molecule has 7 heteroatoms. The minimum absolute atomic E-state index is 0. The molecule has 1 aromatic rings. The van der Waals surface area contributed by atoms with Gasteiger partial charge in [-0.05, 0) is 30.4 Å². The molecule has 1 aromatic carbocycles. The second-order valence-corrected chi connectivity index (χ2v) is 6.88. The predicted molar refractivity (Wildman–Crippen MR) is 118 cm³/mol. The van der Waals surface area contributed by atoms with E-state index in [-0.39, 0.29) is 29.9 Å². The molecule has 1 aliphatic rings. The molecule has 0 radical (unpaired) electrons. The number of anilines is 1. The quantitative estimate of drug-likeness (QED) is 0.298. The van der Waals surface area contributed by atoms with E-state index in [4.69, 9.17) is 4.74 Å². The van der Waals surface area contributed by atoms with Crippen molar-refractivity contribution in [2.75, 3.05) is 38.6 Å². The second kappa shape index (κ2) is 11.3. The van der Waals surface area contributed by atoms with Gasteiger partial charge in [0.05, 0.1) is 6.54 Å². The normalized spacial score (nSPS) is 20.2. The Morgan fingerprint density at radius 2 is 2.00 bits per heavy atom. The molecule has 146 valence electrons. The topological polar surface area (TPSA) is 66.0 Å². The van der Waals surface area contributed by atoms with E-state index in [0.717, 1.165) is 30.5 Å². The Bertz CT molecular complexity index is 599. The number of benzene rings is 1. The third-order valence-electron chi connectivity index (χ3n) is 4.19. The van der Waals surface area contributed by atoms with Crippen LogP contribution in [0.4, 0.5) is 5.69 Å². The van der Waals surface area contributed by atoms with Crippen molar-refractivity contribution in [3.63, 3.8) is 0 Å². The van der Waals surface area contributed by atoms with Gasteiger partial charge >= 0.3 is 0 Å². The van der Waals surface area contributed by atoms with Crippen molar-refractivity contribution in [1.82, 2.24) is 10.2 Å². The highest BCUT2D eigenvalue weighted by molar-refractivity contribution is 14.0. The maximum atomic E-state index is 11.1. The molecule has 2 rings (SSSR count). The summed E-state index contributed by atoms with van der Waals surface area (Å²) in [5.41, 5.74) is 0.741. The number of piperidine rings is 1. The van der Waals surface area contributed by atoms with Crippen LogP contribution in [0.1, 0.15) is 27.2 Å². The van der Waals surface area contributed by atoms with Gasteiger partial charge in [-0.3, -0.25) is 9.79 Å². The van der Waals surface area contributed by atoms with Crippen LogP contribution in [0.15, 0.2) is 29.3 Å². The minimum Gasteiger partial charge on any atom is -0.492 e. The third kappa shape index (κ3) is 7.39. The number of amides is 1. The fraction of sp³-hybridized carbons (Fsp3) is 0.579. The summed E-state index contributed by atoms with van der Waals surface area (Å²) >= 11 is 0. The molecule has 2 atom stereocenters. The summed E-state index contributed by atoms with van der Waals surface area (Å²) < 4.78 is 5.77. The van der Waals surface area contributed by atoms with E-state index in [1.807, 2.05) is 31.3 Å². The lowest BCUT2D eigenvalue weighted by Crippen LogP contribution is -2.49. The molecule has 0 bridgehead atoms. The highest BCUT2D eigenvalue weighted by Crippen LogP contribution is 2.21. The van der Waals surface area contributed by atoms with Gasteiger partial charge in [0.25, 0.3) is 0 Å². The third-order valence-corrected chi connectivity index (χ3v) is 4.19. The minimum atomic E-state index is -0.0902. The van der Waals surface area contributed by atoms with Crippen LogP contribution >= 0.6 is 24.0 Å². The summed E-state index contributed by atoms with van der Waals surface area (Å²) in [6.45, 7) is 9.37. The molecule has 6 nitrogen and oxygen atoms in total. The van der Waals surface area contributed by atoms with Gasteiger partial charge in [0.2, 0.25) is 5.91 Å². The largest absolute Gasteiger partial charge is 0.492 e. The van der Waals surface area contributed by atoms with Gasteiger partial charge in [0.1, 0.15) is 12.4 Å². The first-order valence-electron chi connectivity index (χ1n) is 8.94. The van der Waals surface area contributed by atoms with Crippen LogP contribution in [-0.2, 0) is 4.79 Å². The summed E-state index contributed by atoms with van der Waals surface area (Å²) in [4.78, 5) is 17.8. The van der Waals surface area contributed by atoms with E-state index >= 15 is 0 Å². The van der Waals surface area contributed by atoms with Gasteiger partial charge in [-0.1, -0.05) is 19.9 Å². The van der Waals surface area contributed by atoms with Gasteiger partial charge < -0.3 is 20.3 Å². The number of halogens is 1. The van der Waals surface area contributed by atoms with Crippen molar-refractivity contribution >= 4 is 41.5 Å². The number of aliphatic imine (C=N–C) groups is 1. The number of likely N-dealkylation sites (tertiary alicyclic amines) is 1. The molecule has 26 heavy (non-hydrogen) atoms. The molecule has 0 saturated carbocycles. The molecule has 0 spiro atoms. The highest BCUT2D eigenvalue weighted by Gasteiger charge is 2.23. The van der Waals surface area contributed by atoms with Gasteiger partial charge in [-0.2, -0.15) is 0 Å². The monoisotopic (exact) mass is 474 g/mol. The van der Waals surface area contributed by atoms with Gasteiger partial charge in [0, 0.05) is 38.8 Å². The fourth-order valence-electron chi connectivity index (χ4n) is 3.37. The second-order valence-electron chi connectivity index (χ2n) is 6.88. The number of hydrogen-bond donors (Lipinski definition) is 2. The molecule has 0 aromatic heterocycles. The van der Waals surface area contributed by atoms with Crippen molar-refractivity contribution in [3.8, 4) is 5.75 Å². The van der Waals surface area contributed by atoms with Crippen molar-refractivity contribution in [2.45, 2.75) is 27.2 Å². The van der Waals surface area contributed by atoms with E-state index in [9.17, 15) is 4.79 Å².